The Labute approximate surface area is 233 Å². The molecule has 0 aliphatic carbocycles. The molecule has 0 unspecified atom stereocenters. The summed E-state index contributed by atoms with van der Waals surface area (Å²) in [5, 5.41) is 9.55. The predicted octanol–water partition coefficient (Wildman–Crippen LogP) is 6.34. The molecule has 6 rings (SSSR count). The lowest BCUT2D eigenvalue weighted by molar-refractivity contribution is -0.116. The van der Waals surface area contributed by atoms with E-state index < -0.39 is 0 Å². The van der Waals surface area contributed by atoms with Crippen molar-refractivity contribution in [2.24, 2.45) is 0 Å². The first-order valence-corrected chi connectivity index (χ1v) is 13.5. The van der Waals surface area contributed by atoms with Crippen LogP contribution in [-0.2, 0) is 4.79 Å². The van der Waals surface area contributed by atoms with Crippen LogP contribution < -0.4 is 10.6 Å². The summed E-state index contributed by atoms with van der Waals surface area (Å²) in [7, 11) is 0. The van der Waals surface area contributed by atoms with Crippen molar-refractivity contribution in [2.45, 2.75) is 25.4 Å². The zero-order valence-electron chi connectivity index (χ0n) is 21.6. The number of rotatable bonds is 7. The van der Waals surface area contributed by atoms with Crippen LogP contribution in [-0.4, -0.2) is 32.0 Å². The molecule has 3 aromatic carbocycles. The number of fused-ring (bicyclic) bond motifs is 1. The highest BCUT2D eigenvalue weighted by atomic mass is 32.1. The Morgan fingerprint density at radius 3 is 2.56 bits per heavy atom. The molecule has 6 nitrogen and oxygen atoms in total. The van der Waals surface area contributed by atoms with Crippen LogP contribution in [0.4, 0.5) is 5.69 Å². The van der Waals surface area contributed by atoms with E-state index in [1.54, 1.807) is 6.20 Å². The second-order valence-corrected chi connectivity index (χ2v) is 10.2. The summed E-state index contributed by atoms with van der Waals surface area (Å²) in [5.74, 6) is -0.0444. The van der Waals surface area contributed by atoms with E-state index in [-0.39, 0.29) is 18.0 Å². The fourth-order valence-corrected chi connectivity index (χ4v) is 5.64. The molecule has 194 valence electrons. The molecule has 7 heteroatoms. The van der Waals surface area contributed by atoms with Crippen molar-refractivity contribution in [3.8, 4) is 5.69 Å². The van der Waals surface area contributed by atoms with E-state index in [2.05, 4.69) is 85.9 Å². The first-order valence-electron chi connectivity index (χ1n) is 13.1. The van der Waals surface area contributed by atoms with Gasteiger partial charge in [0.2, 0.25) is 5.91 Å². The minimum atomic E-state index is -0.160. The first-order chi connectivity index (χ1) is 19.1. The van der Waals surface area contributed by atoms with E-state index in [0.717, 1.165) is 28.3 Å². The van der Waals surface area contributed by atoms with Gasteiger partial charge in [0.1, 0.15) is 0 Å². The Bertz CT molecular complexity index is 1650. The SMILES string of the molecule is Cc1ccccc1NC(=O)CCN1C(=S)N[C@@H](c2ccccn2)[C@@H]1c1cccn1-c1ccc2ccccc2c1. The van der Waals surface area contributed by atoms with Gasteiger partial charge in [0.25, 0.3) is 0 Å². The summed E-state index contributed by atoms with van der Waals surface area (Å²) >= 11 is 5.84. The predicted molar refractivity (Wildman–Crippen MR) is 160 cm³/mol. The van der Waals surface area contributed by atoms with Gasteiger partial charge in [-0.15, -0.1) is 0 Å². The number of carbonyl (C=O) groups excluding carboxylic acids is 1. The van der Waals surface area contributed by atoms with Gasteiger partial charge in [-0.1, -0.05) is 54.6 Å². The molecule has 0 saturated carbocycles. The van der Waals surface area contributed by atoms with Gasteiger partial charge >= 0.3 is 0 Å². The number of nitrogens with one attached hydrogen (secondary N) is 2. The largest absolute Gasteiger partial charge is 0.352 e. The summed E-state index contributed by atoms with van der Waals surface area (Å²) in [4.78, 5) is 19.7. The normalized spacial score (nSPS) is 16.8. The Balaban J connectivity index is 1.33. The topological polar surface area (TPSA) is 62.2 Å². The van der Waals surface area contributed by atoms with Crippen LogP contribution in [0.3, 0.4) is 0 Å². The number of thiocarbonyl (C=S) groups is 1. The van der Waals surface area contributed by atoms with Crippen LogP contribution in [0.5, 0.6) is 0 Å². The summed E-state index contributed by atoms with van der Waals surface area (Å²) in [5.41, 5.74) is 4.92. The fourth-order valence-electron chi connectivity index (χ4n) is 5.31. The molecule has 39 heavy (non-hydrogen) atoms. The fraction of sp³-hybridized carbons (Fsp3) is 0.156. The molecule has 0 spiro atoms. The van der Waals surface area contributed by atoms with Gasteiger partial charge in [-0.3, -0.25) is 9.78 Å². The lowest BCUT2D eigenvalue weighted by Crippen LogP contribution is -2.33. The van der Waals surface area contributed by atoms with E-state index in [1.165, 1.54) is 10.8 Å². The number of pyridine rings is 1. The van der Waals surface area contributed by atoms with E-state index in [0.29, 0.717) is 18.1 Å². The third-order valence-electron chi connectivity index (χ3n) is 7.29. The number of benzene rings is 3. The van der Waals surface area contributed by atoms with Crippen molar-refractivity contribution in [3.05, 3.63) is 126 Å². The lowest BCUT2D eigenvalue weighted by atomic mass is 10.0. The summed E-state index contributed by atoms with van der Waals surface area (Å²) in [6.45, 7) is 2.46. The number of amides is 1. The molecule has 1 saturated heterocycles. The molecule has 0 bridgehead atoms. The molecule has 1 amide bonds. The van der Waals surface area contributed by atoms with Gasteiger partial charge in [0, 0.05) is 42.4 Å². The van der Waals surface area contributed by atoms with Crippen LogP contribution in [0.25, 0.3) is 16.5 Å². The minimum absolute atomic E-state index is 0.0444. The van der Waals surface area contributed by atoms with Crippen molar-refractivity contribution in [2.75, 3.05) is 11.9 Å². The number of hydrogen-bond donors (Lipinski definition) is 2. The Kier molecular flexibility index (Phi) is 6.82. The highest BCUT2D eigenvalue weighted by Crippen LogP contribution is 2.39. The van der Waals surface area contributed by atoms with Crippen molar-refractivity contribution in [1.29, 1.82) is 0 Å². The number of carbonyl (C=O) groups is 1. The van der Waals surface area contributed by atoms with Gasteiger partial charge in [0.15, 0.2) is 5.11 Å². The Hall–Kier alpha value is -4.49. The minimum Gasteiger partial charge on any atom is -0.352 e. The number of aromatic nitrogens is 2. The zero-order valence-corrected chi connectivity index (χ0v) is 22.4. The van der Waals surface area contributed by atoms with Crippen LogP contribution in [0.15, 0.2) is 109 Å². The highest BCUT2D eigenvalue weighted by molar-refractivity contribution is 7.80. The number of aryl methyl sites for hydroxylation is 1. The number of hydrogen-bond acceptors (Lipinski definition) is 3. The quantitative estimate of drug-likeness (QED) is 0.240. The third kappa shape index (κ3) is 5.01. The summed E-state index contributed by atoms with van der Waals surface area (Å²) in [6.07, 6.45) is 4.19. The lowest BCUT2D eigenvalue weighted by Gasteiger charge is -2.29. The van der Waals surface area contributed by atoms with Gasteiger partial charge in [-0.05, 0) is 77.9 Å². The maximum absolute atomic E-state index is 13.0. The standard InChI is InChI=1S/C32H29N5OS/c1-22-9-2-5-12-26(22)34-29(38)17-20-37-31(30(35-32(37)39)27-13-6-7-18-33-27)28-14-8-19-36(28)25-16-15-23-10-3-4-11-24(23)21-25/h2-16,18-19,21,30-31H,17,20H2,1H3,(H,34,38)(H,35,39)/t30-,31-/m0/s1. The smallest absolute Gasteiger partial charge is 0.226 e. The molecule has 2 aromatic heterocycles. The molecule has 0 radical (unpaired) electrons. The Morgan fingerprint density at radius 2 is 1.74 bits per heavy atom. The van der Waals surface area contributed by atoms with Crippen LogP contribution in [0, 0.1) is 6.92 Å². The molecule has 2 atom stereocenters. The monoisotopic (exact) mass is 531 g/mol. The van der Waals surface area contributed by atoms with Crippen molar-refractivity contribution in [3.63, 3.8) is 0 Å². The molecule has 1 aliphatic heterocycles. The molecule has 1 aliphatic rings. The third-order valence-corrected chi connectivity index (χ3v) is 7.64. The number of anilines is 1. The zero-order chi connectivity index (χ0) is 26.8. The van der Waals surface area contributed by atoms with E-state index >= 15 is 0 Å². The second-order valence-electron chi connectivity index (χ2n) is 9.77. The second kappa shape index (κ2) is 10.7. The molecular weight excluding hydrogens is 502 g/mol. The van der Waals surface area contributed by atoms with Crippen molar-refractivity contribution in [1.82, 2.24) is 19.8 Å². The summed E-state index contributed by atoms with van der Waals surface area (Å²) in [6, 6.07) is 32.5. The van der Waals surface area contributed by atoms with E-state index in [4.69, 9.17) is 12.2 Å². The van der Waals surface area contributed by atoms with Crippen molar-refractivity contribution >= 4 is 39.7 Å². The molecule has 2 N–H and O–H groups in total. The summed E-state index contributed by atoms with van der Waals surface area (Å²) < 4.78 is 2.21. The van der Waals surface area contributed by atoms with E-state index in [9.17, 15) is 4.79 Å². The molecular formula is C32H29N5OS. The number of para-hydroxylation sites is 1. The van der Waals surface area contributed by atoms with Gasteiger partial charge < -0.3 is 20.1 Å². The average molecular weight is 532 g/mol. The molecule has 1 fully saturated rings. The van der Waals surface area contributed by atoms with E-state index in [1.807, 2.05) is 49.4 Å². The maximum atomic E-state index is 13.0. The first kappa shape index (κ1) is 24.8. The van der Waals surface area contributed by atoms with Crippen molar-refractivity contribution < 1.29 is 4.79 Å². The maximum Gasteiger partial charge on any atom is 0.226 e. The molecule has 5 aromatic rings. The van der Waals surface area contributed by atoms with Crippen LogP contribution in [0.1, 0.15) is 35.5 Å². The number of nitrogens with zero attached hydrogens (tertiary/aromatic N) is 3. The van der Waals surface area contributed by atoms with Crippen LogP contribution in [0.2, 0.25) is 0 Å². The van der Waals surface area contributed by atoms with Gasteiger partial charge in [-0.25, -0.2) is 0 Å². The average Bonchev–Trinajstić information content (AvgIpc) is 3.57. The molecule has 3 heterocycles. The highest BCUT2D eigenvalue weighted by Gasteiger charge is 2.41. The Morgan fingerprint density at radius 1 is 0.949 bits per heavy atom. The van der Waals surface area contributed by atoms with Gasteiger partial charge in [0.05, 0.1) is 17.8 Å². The van der Waals surface area contributed by atoms with Crippen LogP contribution >= 0.6 is 12.2 Å². The van der Waals surface area contributed by atoms with Gasteiger partial charge in [-0.2, -0.15) is 0 Å².